The van der Waals surface area contributed by atoms with Gasteiger partial charge in [-0.3, -0.25) is 0 Å². The van der Waals surface area contributed by atoms with Gasteiger partial charge in [0.1, 0.15) is 5.82 Å². The highest BCUT2D eigenvalue weighted by molar-refractivity contribution is 8.00. The van der Waals surface area contributed by atoms with Gasteiger partial charge in [-0.25, -0.2) is 9.18 Å². The zero-order chi connectivity index (χ0) is 14.8. The van der Waals surface area contributed by atoms with Crippen molar-refractivity contribution >= 4 is 29.5 Å². The molecule has 0 amide bonds. The van der Waals surface area contributed by atoms with E-state index in [1.165, 1.54) is 18.2 Å². The lowest BCUT2D eigenvalue weighted by atomic mass is 10.1. The molecule has 0 spiro atoms. The molecule has 1 aliphatic heterocycles. The molecule has 1 N–H and O–H groups in total. The van der Waals surface area contributed by atoms with E-state index >= 15 is 0 Å². The number of hydrogen-bond acceptors (Lipinski definition) is 3. The van der Waals surface area contributed by atoms with Crippen LogP contribution in [-0.2, 0) is 4.79 Å². The van der Waals surface area contributed by atoms with Gasteiger partial charge in [0, 0.05) is 40.9 Å². The normalized spacial score (nSPS) is 18.4. The molecular formula is C15H18FNO2S. The van der Waals surface area contributed by atoms with Gasteiger partial charge < -0.3 is 10.0 Å². The SMILES string of the molecule is CC1(C)CN(c2ccc(F)cc2/C=C/C(=O)O)CCS1. The third kappa shape index (κ3) is 3.76. The van der Waals surface area contributed by atoms with Gasteiger partial charge >= 0.3 is 5.97 Å². The third-order valence-electron chi connectivity index (χ3n) is 3.16. The smallest absolute Gasteiger partial charge is 0.328 e. The number of halogens is 1. The summed E-state index contributed by atoms with van der Waals surface area (Å²) in [6.07, 6.45) is 2.50. The molecule has 1 heterocycles. The number of hydrogen-bond donors (Lipinski definition) is 1. The Morgan fingerprint density at radius 1 is 1.50 bits per heavy atom. The average Bonchev–Trinajstić information content (AvgIpc) is 2.35. The molecule has 2 rings (SSSR count). The van der Waals surface area contributed by atoms with Crippen LogP contribution in [0.1, 0.15) is 19.4 Å². The van der Waals surface area contributed by atoms with Crippen LogP contribution in [0.3, 0.4) is 0 Å². The lowest BCUT2D eigenvalue weighted by Gasteiger charge is -2.39. The summed E-state index contributed by atoms with van der Waals surface area (Å²) >= 11 is 1.92. The number of benzene rings is 1. The molecular weight excluding hydrogens is 277 g/mol. The molecule has 0 saturated carbocycles. The fraction of sp³-hybridized carbons (Fsp3) is 0.400. The summed E-state index contributed by atoms with van der Waals surface area (Å²) in [7, 11) is 0. The molecule has 0 bridgehead atoms. The number of aliphatic carboxylic acids is 1. The summed E-state index contributed by atoms with van der Waals surface area (Å²) in [5, 5.41) is 8.73. The molecule has 0 aliphatic carbocycles. The first-order valence-corrected chi connectivity index (χ1v) is 7.45. The van der Waals surface area contributed by atoms with Crippen molar-refractivity contribution < 1.29 is 14.3 Å². The van der Waals surface area contributed by atoms with Gasteiger partial charge in [-0.1, -0.05) is 0 Å². The van der Waals surface area contributed by atoms with E-state index < -0.39 is 5.97 Å². The van der Waals surface area contributed by atoms with Crippen LogP contribution in [0.5, 0.6) is 0 Å². The van der Waals surface area contributed by atoms with Gasteiger partial charge in [-0.15, -0.1) is 0 Å². The van der Waals surface area contributed by atoms with Crippen molar-refractivity contribution in [3.63, 3.8) is 0 Å². The number of carboxylic acids is 1. The Balaban J connectivity index is 2.33. The minimum Gasteiger partial charge on any atom is -0.478 e. The number of thioether (sulfide) groups is 1. The topological polar surface area (TPSA) is 40.5 Å². The minimum atomic E-state index is -1.03. The van der Waals surface area contributed by atoms with Gasteiger partial charge in [0.15, 0.2) is 0 Å². The van der Waals surface area contributed by atoms with E-state index in [1.54, 1.807) is 6.07 Å². The molecule has 0 unspecified atom stereocenters. The molecule has 1 aromatic carbocycles. The van der Waals surface area contributed by atoms with Crippen LogP contribution in [0, 0.1) is 5.82 Å². The van der Waals surface area contributed by atoms with E-state index in [9.17, 15) is 9.18 Å². The van der Waals surface area contributed by atoms with E-state index in [0.717, 1.165) is 30.6 Å². The summed E-state index contributed by atoms with van der Waals surface area (Å²) in [5.74, 6) is -0.383. The second-order valence-electron chi connectivity index (χ2n) is 5.40. The molecule has 5 heteroatoms. The average molecular weight is 295 g/mol. The molecule has 20 heavy (non-hydrogen) atoms. The first-order chi connectivity index (χ1) is 9.37. The van der Waals surface area contributed by atoms with Gasteiger partial charge in [0.25, 0.3) is 0 Å². The van der Waals surface area contributed by atoms with Crippen LogP contribution >= 0.6 is 11.8 Å². The maximum Gasteiger partial charge on any atom is 0.328 e. The maximum absolute atomic E-state index is 13.4. The molecule has 0 atom stereocenters. The van der Waals surface area contributed by atoms with Crippen LogP contribution in [0.4, 0.5) is 10.1 Å². The van der Waals surface area contributed by atoms with Crippen LogP contribution in [-0.4, -0.2) is 34.7 Å². The maximum atomic E-state index is 13.4. The molecule has 1 aliphatic rings. The predicted octanol–water partition coefficient (Wildman–Crippen LogP) is 3.26. The first-order valence-electron chi connectivity index (χ1n) is 6.47. The van der Waals surface area contributed by atoms with Crippen LogP contribution in [0.25, 0.3) is 6.08 Å². The lowest BCUT2D eigenvalue weighted by molar-refractivity contribution is -0.131. The summed E-state index contributed by atoms with van der Waals surface area (Å²) in [6.45, 7) is 6.10. The fourth-order valence-corrected chi connectivity index (χ4v) is 3.44. The molecule has 0 radical (unpaired) electrons. The van der Waals surface area contributed by atoms with E-state index in [-0.39, 0.29) is 10.6 Å². The predicted molar refractivity (Wildman–Crippen MR) is 81.8 cm³/mol. The van der Waals surface area contributed by atoms with Crippen molar-refractivity contribution in [3.8, 4) is 0 Å². The van der Waals surface area contributed by atoms with E-state index in [0.29, 0.717) is 5.56 Å². The van der Waals surface area contributed by atoms with Gasteiger partial charge in [0.05, 0.1) is 0 Å². The number of carboxylic acid groups (broad SMARTS) is 1. The Labute approximate surface area is 122 Å². The van der Waals surface area contributed by atoms with Crippen molar-refractivity contribution in [1.29, 1.82) is 0 Å². The molecule has 1 aromatic rings. The Bertz CT molecular complexity index is 543. The highest BCUT2D eigenvalue weighted by Crippen LogP contribution is 2.34. The van der Waals surface area contributed by atoms with Crippen molar-refractivity contribution in [2.75, 3.05) is 23.7 Å². The third-order valence-corrected chi connectivity index (χ3v) is 4.46. The quantitative estimate of drug-likeness (QED) is 0.869. The molecule has 1 fully saturated rings. The van der Waals surface area contributed by atoms with Crippen molar-refractivity contribution in [1.82, 2.24) is 0 Å². The monoisotopic (exact) mass is 295 g/mol. The Kier molecular flexibility index (Phi) is 4.38. The Morgan fingerprint density at radius 2 is 2.25 bits per heavy atom. The highest BCUT2D eigenvalue weighted by atomic mass is 32.2. The minimum absolute atomic E-state index is 0.139. The van der Waals surface area contributed by atoms with Crippen molar-refractivity contribution in [2.24, 2.45) is 0 Å². The number of rotatable bonds is 3. The Morgan fingerprint density at radius 3 is 2.90 bits per heavy atom. The Hall–Kier alpha value is -1.49. The number of carbonyl (C=O) groups is 1. The van der Waals surface area contributed by atoms with Crippen molar-refractivity contribution in [3.05, 3.63) is 35.7 Å². The van der Waals surface area contributed by atoms with Gasteiger partial charge in [-0.05, 0) is 38.1 Å². The van der Waals surface area contributed by atoms with Crippen molar-refractivity contribution in [2.45, 2.75) is 18.6 Å². The second kappa shape index (κ2) is 5.87. The number of anilines is 1. The lowest BCUT2D eigenvalue weighted by Crippen LogP contribution is -2.43. The number of nitrogens with zero attached hydrogens (tertiary/aromatic N) is 1. The second-order valence-corrected chi connectivity index (χ2v) is 7.21. The van der Waals surface area contributed by atoms with Gasteiger partial charge in [0.2, 0.25) is 0 Å². The summed E-state index contributed by atoms with van der Waals surface area (Å²) < 4.78 is 13.5. The first kappa shape index (κ1) is 14.9. The highest BCUT2D eigenvalue weighted by Gasteiger charge is 2.27. The van der Waals surface area contributed by atoms with Crippen LogP contribution < -0.4 is 4.90 Å². The fourth-order valence-electron chi connectivity index (χ4n) is 2.33. The molecule has 108 valence electrons. The van der Waals surface area contributed by atoms with Crippen LogP contribution in [0.15, 0.2) is 24.3 Å². The van der Waals surface area contributed by atoms with E-state index in [2.05, 4.69) is 18.7 Å². The van der Waals surface area contributed by atoms with E-state index in [1.807, 2.05) is 11.8 Å². The van der Waals surface area contributed by atoms with E-state index in [4.69, 9.17) is 5.11 Å². The molecule has 0 aromatic heterocycles. The van der Waals surface area contributed by atoms with Gasteiger partial charge in [-0.2, -0.15) is 11.8 Å². The zero-order valence-corrected chi connectivity index (χ0v) is 12.4. The van der Waals surface area contributed by atoms with Crippen LogP contribution in [0.2, 0.25) is 0 Å². The summed E-state index contributed by atoms with van der Waals surface area (Å²) in [4.78, 5) is 12.8. The molecule has 1 saturated heterocycles. The zero-order valence-electron chi connectivity index (χ0n) is 11.6. The standard InChI is InChI=1S/C15H18FNO2S/c1-15(2)10-17(7-8-20-15)13-5-4-12(16)9-11(13)3-6-14(18)19/h3-6,9H,7-8,10H2,1-2H3,(H,18,19)/b6-3+. The summed E-state index contributed by atoms with van der Waals surface area (Å²) in [6, 6.07) is 4.52. The summed E-state index contributed by atoms with van der Waals surface area (Å²) in [5.41, 5.74) is 1.49. The largest absolute Gasteiger partial charge is 0.478 e. The molecule has 3 nitrogen and oxygen atoms in total.